The van der Waals surface area contributed by atoms with Crippen LogP contribution < -0.4 is 11.2 Å². The van der Waals surface area contributed by atoms with Crippen molar-refractivity contribution in [2.45, 2.75) is 52.2 Å². The van der Waals surface area contributed by atoms with Crippen molar-refractivity contribution in [2.24, 2.45) is 0 Å². The molecule has 232 valence electrons. The molecule has 0 amide bonds. The first-order chi connectivity index (χ1) is 21.5. The second kappa shape index (κ2) is 13.1. The maximum Gasteiger partial charge on any atom is 0.338 e. The molecule has 3 aromatic carbocycles. The average molecular weight is 613 g/mol. The highest BCUT2D eigenvalue weighted by molar-refractivity contribution is 5.91. The lowest BCUT2D eigenvalue weighted by atomic mass is 10.1. The molecule has 0 unspecified atom stereocenters. The summed E-state index contributed by atoms with van der Waals surface area (Å²) in [6.07, 6.45) is -3.99. The lowest BCUT2D eigenvalue weighted by Gasteiger charge is -2.25. The van der Waals surface area contributed by atoms with Crippen LogP contribution in [-0.2, 0) is 18.9 Å². The lowest BCUT2D eigenvalue weighted by molar-refractivity contribution is -0.0640. The van der Waals surface area contributed by atoms with Gasteiger partial charge in [0.2, 0.25) is 0 Å². The van der Waals surface area contributed by atoms with Crippen LogP contribution in [-0.4, -0.2) is 52.4 Å². The summed E-state index contributed by atoms with van der Waals surface area (Å²) in [5, 5.41) is 0. The minimum atomic E-state index is -1.39. The Morgan fingerprint density at radius 1 is 0.689 bits per heavy atom. The highest BCUT2D eigenvalue weighted by Gasteiger charge is 2.51. The van der Waals surface area contributed by atoms with Gasteiger partial charge in [-0.2, -0.15) is 0 Å². The number of aryl methyl sites for hydroxylation is 4. The molecule has 1 fully saturated rings. The summed E-state index contributed by atoms with van der Waals surface area (Å²) in [6, 6.07) is 20.0. The van der Waals surface area contributed by atoms with Crippen LogP contribution in [0.2, 0.25) is 0 Å². The molecular formula is C34H32N2O9. The fourth-order valence-electron chi connectivity index (χ4n) is 4.80. The van der Waals surface area contributed by atoms with Gasteiger partial charge in [0.05, 0.1) is 16.7 Å². The van der Waals surface area contributed by atoms with Crippen LogP contribution in [0.25, 0.3) is 0 Å². The minimum absolute atomic E-state index is 0.185. The summed E-state index contributed by atoms with van der Waals surface area (Å²) in [7, 11) is 0. The Labute approximate surface area is 258 Å². The van der Waals surface area contributed by atoms with Gasteiger partial charge in [-0.05, 0) is 64.1 Å². The summed E-state index contributed by atoms with van der Waals surface area (Å²) < 4.78 is 24.6. The Hall–Kier alpha value is -5.29. The summed E-state index contributed by atoms with van der Waals surface area (Å²) >= 11 is 0. The van der Waals surface area contributed by atoms with Crippen molar-refractivity contribution in [1.82, 2.24) is 9.55 Å². The lowest BCUT2D eigenvalue weighted by Crippen LogP contribution is -2.43. The number of nitrogens with zero attached hydrogens (tertiary/aromatic N) is 1. The molecule has 0 spiro atoms. The number of hydrogen-bond acceptors (Lipinski definition) is 9. The molecule has 45 heavy (non-hydrogen) atoms. The number of hydrogen-bond donors (Lipinski definition) is 1. The van der Waals surface area contributed by atoms with Gasteiger partial charge in [0, 0.05) is 11.8 Å². The molecule has 11 nitrogen and oxygen atoms in total. The zero-order chi connectivity index (χ0) is 32.2. The maximum absolute atomic E-state index is 13.4. The molecule has 4 atom stereocenters. The Bertz CT molecular complexity index is 1820. The van der Waals surface area contributed by atoms with Crippen molar-refractivity contribution in [3.8, 4) is 0 Å². The van der Waals surface area contributed by atoms with Crippen LogP contribution in [0.4, 0.5) is 0 Å². The number of ether oxygens (including phenoxy) is 4. The van der Waals surface area contributed by atoms with Gasteiger partial charge in [-0.3, -0.25) is 14.3 Å². The molecule has 1 N–H and O–H groups in total. The van der Waals surface area contributed by atoms with Crippen LogP contribution >= 0.6 is 0 Å². The van der Waals surface area contributed by atoms with E-state index in [2.05, 4.69) is 4.98 Å². The van der Waals surface area contributed by atoms with Crippen LogP contribution in [0, 0.1) is 27.7 Å². The fraction of sp³-hybridized carbons (Fsp3) is 0.265. The van der Waals surface area contributed by atoms with Crippen molar-refractivity contribution in [1.29, 1.82) is 0 Å². The number of benzene rings is 3. The quantitative estimate of drug-likeness (QED) is 0.231. The number of nitrogens with one attached hydrogen (secondary N) is 1. The maximum atomic E-state index is 13.4. The Balaban J connectivity index is 1.52. The van der Waals surface area contributed by atoms with Gasteiger partial charge >= 0.3 is 23.6 Å². The minimum Gasteiger partial charge on any atom is -0.459 e. The van der Waals surface area contributed by atoms with E-state index in [0.717, 1.165) is 21.3 Å². The van der Waals surface area contributed by atoms with E-state index in [1.54, 1.807) is 72.8 Å². The average Bonchev–Trinajstić information content (AvgIpc) is 3.34. The van der Waals surface area contributed by atoms with Gasteiger partial charge in [-0.15, -0.1) is 0 Å². The van der Waals surface area contributed by atoms with Crippen LogP contribution in [0.5, 0.6) is 0 Å². The number of aromatic amines is 1. The number of esters is 3. The summed E-state index contributed by atoms with van der Waals surface area (Å²) in [6.45, 7) is 6.70. The molecule has 0 saturated carbocycles. The molecule has 1 aromatic heterocycles. The van der Waals surface area contributed by atoms with E-state index in [4.69, 9.17) is 18.9 Å². The molecule has 0 aliphatic carbocycles. The second-order valence-corrected chi connectivity index (χ2v) is 11.0. The summed E-state index contributed by atoms with van der Waals surface area (Å²) in [4.78, 5) is 66.9. The Kier molecular flexibility index (Phi) is 9.10. The highest BCUT2D eigenvalue weighted by Crippen LogP contribution is 2.35. The molecule has 0 radical (unpaired) electrons. The molecule has 5 rings (SSSR count). The number of carbonyl (C=O) groups excluding carboxylic acids is 3. The normalized spacial score (nSPS) is 19.1. The standard InChI is InChI=1S/C34H32N2O9/c1-19-5-11-23(12-6-19)31(38)42-18-26-27(44-32(39)24-13-7-20(2)8-14-24)28(45-33(40)25-15-9-21(3)10-16-25)30(43-26)36-17-22(4)29(37)35-34(36)41/h5-17,26-28,30H,18H2,1-4H3,(H,35,37,41)/t26-,27+,28-,30-/m0/s1. The number of H-pyrrole nitrogens is 1. The van der Waals surface area contributed by atoms with Crippen LogP contribution in [0.1, 0.15) is 59.6 Å². The first kappa shape index (κ1) is 31.1. The van der Waals surface area contributed by atoms with Crippen molar-refractivity contribution in [3.63, 3.8) is 0 Å². The first-order valence-corrected chi connectivity index (χ1v) is 14.3. The van der Waals surface area contributed by atoms with Gasteiger partial charge < -0.3 is 18.9 Å². The van der Waals surface area contributed by atoms with Crippen LogP contribution in [0.15, 0.2) is 88.6 Å². The van der Waals surface area contributed by atoms with Gasteiger partial charge in [-0.1, -0.05) is 53.1 Å². The van der Waals surface area contributed by atoms with Gasteiger partial charge in [0.1, 0.15) is 12.7 Å². The molecule has 1 aliphatic rings. The third-order valence-corrected chi connectivity index (χ3v) is 7.43. The summed E-state index contributed by atoms with van der Waals surface area (Å²) in [5.74, 6) is -2.17. The Morgan fingerprint density at radius 3 is 1.62 bits per heavy atom. The molecule has 1 saturated heterocycles. The number of rotatable bonds is 8. The molecule has 11 heteroatoms. The van der Waals surface area contributed by atoms with E-state index in [0.29, 0.717) is 0 Å². The predicted octanol–water partition coefficient (Wildman–Crippen LogP) is 3.98. The van der Waals surface area contributed by atoms with E-state index >= 15 is 0 Å². The largest absolute Gasteiger partial charge is 0.459 e. The van der Waals surface area contributed by atoms with E-state index in [9.17, 15) is 24.0 Å². The zero-order valence-electron chi connectivity index (χ0n) is 25.1. The second-order valence-electron chi connectivity index (χ2n) is 11.0. The van der Waals surface area contributed by atoms with Crippen molar-refractivity contribution >= 4 is 17.9 Å². The molecule has 4 aromatic rings. The molecular weight excluding hydrogens is 580 g/mol. The smallest absolute Gasteiger partial charge is 0.338 e. The SMILES string of the molecule is Cc1ccc(C(=O)OC[C@@H]2O[C@H](n3cc(C)c(=O)[nH]c3=O)[C@@H](OC(=O)c3ccc(C)cc3)[C@@H]2OC(=O)c2ccc(C)cc2)cc1. The predicted molar refractivity (Wildman–Crippen MR) is 162 cm³/mol. The van der Waals surface area contributed by atoms with E-state index < -0.39 is 60.3 Å². The number of carbonyl (C=O) groups is 3. The monoisotopic (exact) mass is 612 g/mol. The topological polar surface area (TPSA) is 143 Å². The zero-order valence-corrected chi connectivity index (χ0v) is 25.1. The third-order valence-electron chi connectivity index (χ3n) is 7.43. The summed E-state index contributed by atoms with van der Waals surface area (Å²) in [5.41, 5.74) is 2.26. The van der Waals surface area contributed by atoms with E-state index in [1.165, 1.54) is 13.1 Å². The van der Waals surface area contributed by atoms with Crippen molar-refractivity contribution in [3.05, 3.63) is 139 Å². The van der Waals surface area contributed by atoms with Gasteiger partial charge in [-0.25, -0.2) is 19.2 Å². The third kappa shape index (κ3) is 7.10. The molecule has 2 heterocycles. The highest BCUT2D eigenvalue weighted by atomic mass is 16.7. The molecule has 0 bridgehead atoms. The first-order valence-electron chi connectivity index (χ1n) is 14.3. The van der Waals surface area contributed by atoms with E-state index in [-0.39, 0.29) is 22.3 Å². The van der Waals surface area contributed by atoms with E-state index in [1.807, 2.05) is 20.8 Å². The Morgan fingerprint density at radius 2 is 1.13 bits per heavy atom. The van der Waals surface area contributed by atoms with Crippen molar-refractivity contribution < 1.29 is 33.3 Å². The number of aromatic nitrogens is 2. The van der Waals surface area contributed by atoms with Gasteiger partial charge in [0.25, 0.3) is 5.56 Å². The fourth-order valence-corrected chi connectivity index (χ4v) is 4.80. The van der Waals surface area contributed by atoms with Crippen LogP contribution in [0.3, 0.4) is 0 Å². The molecule has 1 aliphatic heterocycles. The van der Waals surface area contributed by atoms with Crippen molar-refractivity contribution in [2.75, 3.05) is 6.61 Å². The van der Waals surface area contributed by atoms with Gasteiger partial charge in [0.15, 0.2) is 18.4 Å².